The van der Waals surface area contributed by atoms with Gasteiger partial charge < -0.3 is 5.32 Å². The maximum atomic E-state index is 13.3. The van der Waals surface area contributed by atoms with Gasteiger partial charge in [0.1, 0.15) is 6.07 Å². The molecule has 0 spiro atoms. The summed E-state index contributed by atoms with van der Waals surface area (Å²) in [6, 6.07) is 12.7. The van der Waals surface area contributed by atoms with E-state index in [-0.39, 0.29) is 22.8 Å². The third-order valence-electron chi connectivity index (χ3n) is 8.40. The summed E-state index contributed by atoms with van der Waals surface area (Å²) in [5, 5.41) is 12.2. The maximum absolute atomic E-state index is 13.3. The summed E-state index contributed by atoms with van der Waals surface area (Å²) < 4.78 is 0. The predicted molar refractivity (Wildman–Crippen MR) is 138 cm³/mol. The van der Waals surface area contributed by atoms with E-state index < -0.39 is 0 Å². The van der Waals surface area contributed by atoms with E-state index in [0.717, 1.165) is 32.2 Å². The average Bonchev–Trinajstić information content (AvgIpc) is 2.87. The molecule has 2 aliphatic carbocycles. The van der Waals surface area contributed by atoms with E-state index >= 15 is 0 Å². The van der Waals surface area contributed by atoms with Gasteiger partial charge in [0.05, 0.1) is 18.1 Å². The lowest BCUT2D eigenvalue weighted by Crippen LogP contribution is -2.52. The van der Waals surface area contributed by atoms with Crippen LogP contribution < -0.4 is 10.2 Å². The number of nitriles is 1. The van der Waals surface area contributed by atoms with Gasteiger partial charge in [-0.2, -0.15) is 5.26 Å². The normalized spacial score (nSPS) is 24.4. The third-order valence-corrected chi connectivity index (χ3v) is 8.40. The number of amides is 2. The van der Waals surface area contributed by atoms with E-state index in [0.29, 0.717) is 24.7 Å². The number of hydrogen-bond donors (Lipinski definition) is 1. The van der Waals surface area contributed by atoms with E-state index in [9.17, 15) is 4.79 Å². The largest absolute Gasteiger partial charge is 0.337 e. The molecule has 2 aliphatic rings. The van der Waals surface area contributed by atoms with Gasteiger partial charge in [0, 0.05) is 18.6 Å². The van der Waals surface area contributed by atoms with Gasteiger partial charge in [-0.1, -0.05) is 50.6 Å². The number of carbonyl (C=O) groups excluding carboxylic acids is 1. The van der Waals surface area contributed by atoms with Gasteiger partial charge in [0.2, 0.25) is 5.82 Å². The fourth-order valence-electron chi connectivity index (χ4n) is 5.57. The standard InChI is InChI=1S/C28H38N6O/c1-4-33(3)28(23-11-6-5-7-12-23)15-13-27(2,14-16-28)21-34(24-19-30-25(17-29)31-20-24)26(35)32-18-22-9-8-10-22/h5-7,11-12,19-20,22H,4,8-10,13-16,18,21H2,1-3H3,(H,32,35). The van der Waals surface area contributed by atoms with Crippen molar-refractivity contribution in [3.05, 3.63) is 54.1 Å². The Bertz CT molecular complexity index is 1020. The highest BCUT2D eigenvalue weighted by Crippen LogP contribution is 2.49. The molecular formula is C28H38N6O. The number of anilines is 1. The van der Waals surface area contributed by atoms with Gasteiger partial charge in [0.25, 0.3) is 0 Å². The van der Waals surface area contributed by atoms with Crippen molar-refractivity contribution in [3.8, 4) is 6.07 Å². The maximum Gasteiger partial charge on any atom is 0.322 e. The molecule has 0 radical (unpaired) electrons. The molecule has 0 unspecified atom stereocenters. The van der Waals surface area contributed by atoms with Crippen molar-refractivity contribution in [2.24, 2.45) is 11.3 Å². The second-order valence-electron chi connectivity index (χ2n) is 10.7. The zero-order chi connectivity index (χ0) is 24.9. The average molecular weight is 475 g/mol. The molecule has 2 fully saturated rings. The van der Waals surface area contributed by atoms with Crippen molar-refractivity contribution in [3.63, 3.8) is 0 Å². The SMILES string of the molecule is CCN(C)C1(c2ccccc2)CCC(C)(CN(C(=O)NCC2CCC2)c2cnc(C#N)nc2)CC1. The molecule has 2 amide bonds. The molecule has 0 saturated heterocycles. The molecule has 2 aromatic rings. The molecule has 1 aromatic heterocycles. The van der Waals surface area contributed by atoms with Gasteiger partial charge in [-0.3, -0.25) is 9.80 Å². The van der Waals surface area contributed by atoms with Gasteiger partial charge in [0.15, 0.2) is 0 Å². The predicted octanol–water partition coefficient (Wildman–Crippen LogP) is 5.09. The number of aromatic nitrogens is 2. The molecule has 4 rings (SSSR count). The van der Waals surface area contributed by atoms with E-state index in [4.69, 9.17) is 5.26 Å². The summed E-state index contributed by atoms with van der Waals surface area (Å²) in [7, 11) is 2.23. The molecule has 1 heterocycles. The van der Waals surface area contributed by atoms with E-state index in [1.54, 1.807) is 17.3 Å². The third kappa shape index (κ3) is 5.48. The zero-order valence-electron chi connectivity index (χ0n) is 21.3. The Morgan fingerprint density at radius 1 is 1.14 bits per heavy atom. The van der Waals surface area contributed by atoms with Crippen molar-refractivity contribution in [1.82, 2.24) is 20.2 Å². The summed E-state index contributed by atoms with van der Waals surface area (Å²) in [5.41, 5.74) is 2.00. The summed E-state index contributed by atoms with van der Waals surface area (Å²) in [4.78, 5) is 25.9. The Morgan fingerprint density at radius 3 is 2.34 bits per heavy atom. The molecule has 35 heavy (non-hydrogen) atoms. The highest BCUT2D eigenvalue weighted by atomic mass is 16.2. The lowest BCUT2D eigenvalue weighted by molar-refractivity contribution is 0.0319. The Balaban J connectivity index is 1.53. The fourth-order valence-corrected chi connectivity index (χ4v) is 5.57. The van der Waals surface area contributed by atoms with Crippen LogP contribution in [0.25, 0.3) is 0 Å². The first kappa shape index (κ1) is 25.1. The molecular weight excluding hydrogens is 436 g/mol. The van der Waals surface area contributed by atoms with Crippen LogP contribution in [0.5, 0.6) is 0 Å². The Hall–Kier alpha value is -2.98. The topological polar surface area (TPSA) is 85.1 Å². The van der Waals surface area contributed by atoms with E-state index in [1.807, 2.05) is 6.07 Å². The minimum absolute atomic E-state index is 0.0182. The summed E-state index contributed by atoms with van der Waals surface area (Å²) >= 11 is 0. The first-order chi connectivity index (χ1) is 16.9. The van der Waals surface area contributed by atoms with Crippen molar-refractivity contribution in [1.29, 1.82) is 5.26 Å². The molecule has 7 nitrogen and oxygen atoms in total. The number of nitrogens with zero attached hydrogens (tertiary/aromatic N) is 5. The van der Waals surface area contributed by atoms with Crippen molar-refractivity contribution in [2.45, 2.75) is 64.3 Å². The van der Waals surface area contributed by atoms with Crippen LogP contribution in [0.15, 0.2) is 42.7 Å². The monoisotopic (exact) mass is 474 g/mol. The second-order valence-corrected chi connectivity index (χ2v) is 10.7. The summed E-state index contributed by atoms with van der Waals surface area (Å²) in [6.07, 6.45) is 10.9. The van der Waals surface area contributed by atoms with E-state index in [1.165, 1.54) is 24.8 Å². The highest BCUT2D eigenvalue weighted by molar-refractivity contribution is 5.91. The van der Waals surface area contributed by atoms with E-state index in [2.05, 4.69) is 71.4 Å². The number of rotatable bonds is 8. The number of nitrogens with one attached hydrogen (secondary N) is 1. The molecule has 0 aliphatic heterocycles. The van der Waals surface area contributed by atoms with Crippen LogP contribution in [-0.2, 0) is 5.54 Å². The van der Waals surface area contributed by atoms with Crippen molar-refractivity contribution >= 4 is 11.7 Å². The minimum atomic E-state index is -0.1000. The van der Waals surface area contributed by atoms with Crippen LogP contribution in [0.1, 0.15) is 70.2 Å². The van der Waals surface area contributed by atoms with Gasteiger partial charge in [-0.25, -0.2) is 14.8 Å². The van der Waals surface area contributed by atoms with Gasteiger partial charge in [-0.05, 0) is 69.0 Å². The quantitative estimate of drug-likeness (QED) is 0.576. The number of urea groups is 1. The molecule has 1 aromatic carbocycles. The lowest BCUT2D eigenvalue weighted by atomic mass is 9.65. The Labute approximate surface area is 209 Å². The Morgan fingerprint density at radius 2 is 1.80 bits per heavy atom. The van der Waals surface area contributed by atoms with Gasteiger partial charge >= 0.3 is 6.03 Å². The van der Waals surface area contributed by atoms with Crippen molar-refractivity contribution in [2.75, 3.05) is 31.6 Å². The molecule has 2 saturated carbocycles. The smallest absolute Gasteiger partial charge is 0.322 e. The fraction of sp³-hybridized carbons (Fsp3) is 0.571. The number of carbonyl (C=O) groups is 1. The number of hydrogen-bond acceptors (Lipinski definition) is 5. The highest BCUT2D eigenvalue weighted by Gasteiger charge is 2.44. The van der Waals surface area contributed by atoms with Gasteiger partial charge in [-0.15, -0.1) is 0 Å². The zero-order valence-corrected chi connectivity index (χ0v) is 21.3. The molecule has 186 valence electrons. The lowest BCUT2D eigenvalue weighted by Gasteiger charge is -2.50. The summed E-state index contributed by atoms with van der Waals surface area (Å²) in [5.74, 6) is 0.696. The van der Waals surface area contributed by atoms with Crippen LogP contribution in [0, 0.1) is 22.7 Å². The van der Waals surface area contributed by atoms with Crippen LogP contribution in [-0.4, -0.2) is 47.6 Å². The molecule has 7 heteroatoms. The Kier molecular flexibility index (Phi) is 7.71. The second kappa shape index (κ2) is 10.7. The van der Waals surface area contributed by atoms with Crippen molar-refractivity contribution < 1.29 is 4.79 Å². The molecule has 1 N–H and O–H groups in total. The van der Waals surface area contributed by atoms with Crippen LogP contribution in [0.2, 0.25) is 0 Å². The molecule has 0 atom stereocenters. The van der Waals surface area contributed by atoms with Crippen LogP contribution in [0.4, 0.5) is 10.5 Å². The first-order valence-electron chi connectivity index (χ1n) is 12.9. The number of benzene rings is 1. The first-order valence-corrected chi connectivity index (χ1v) is 12.9. The summed E-state index contributed by atoms with van der Waals surface area (Å²) in [6.45, 7) is 6.81. The van der Waals surface area contributed by atoms with Crippen LogP contribution >= 0.6 is 0 Å². The molecule has 0 bridgehead atoms. The van der Waals surface area contributed by atoms with Crippen LogP contribution in [0.3, 0.4) is 0 Å². The minimum Gasteiger partial charge on any atom is -0.337 e.